The van der Waals surface area contributed by atoms with Gasteiger partial charge in [0.1, 0.15) is 46.4 Å². The molecule has 0 saturated carbocycles. The first kappa shape index (κ1) is 31.1. The number of unbranched alkanes of at least 4 members (excludes halogenated alkanes) is 1. The molecule has 0 spiro atoms. The van der Waals surface area contributed by atoms with Crippen molar-refractivity contribution in [1.29, 1.82) is 0 Å². The summed E-state index contributed by atoms with van der Waals surface area (Å²) in [7, 11) is -3.68. The van der Waals surface area contributed by atoms with Gasteiger partial charge >= 0.3 is 0 Å². The Kier molecular flexibility index (Phi) is 10.8. The summed E-state index contributed by atoms with van der Waals surface area (Å²) in [6, 6.07) is 67.8. The molecule has 6 rings (SSSR count). The number of halogens is 1. The molecule has 0 heterocycles. The molecule has 0 atom stereocenters. The van der Waals surface area contributed by atoms with Crippen LogP contribution in [0.5, 0.6) is 0 Å². The number of rotatable bonds is 11. The third-order valence-electron chi connectivity index (χ3n) is 8.42. The predicted octanol–water partition coefficient (Wildman–Crippen LogP) is 4.76. The second kappa shape index (κ2) is 14.9. The van der Waals surface area contributed by atoms with Gasteiger partial charge in [-0.05, 0) is 85.6 Å². The fourth-order valence-corrected chi connectivity index (χ4v) is 15.3. The lowest BCUT2D eigenvalue weighted by molar-refractivity contribution is -0.00000803. The Hall–Kier alpha value is -3.34. The molecule has 0 N–H and O–H groups in total. The maximum atomic E-state index is 2.36. The molecule has 0 fully saturated rings. The fraction of sp³-hybridized carbons (Fsp3) is 0.100. The highest BCUT2D eigenvalue weighted by atomic mass is 79.9. The molecule has 0 aromatic heterocycles. The van der Waals surface area contributed by atoms with Gasteiger partial charge in [-0.25, -0.2) is 0 Å². The topological polar surface area (TPSA) is 0 Å². The molecule has 214 valence electrons. The summed E-state index contributed by atoms with van der Waals surface area (Å²) < 4.78 is 0. The van der Waals surface area contributed by atoms with Gasteiger partial charge in [0.2, 0.25) is 0 Å². The molecular formula is C40H38BrP2+. The molecule has 0 amide bonds. The van der Waals surface area contributed by atoms with Gasteiger partial charge in [0.25, 0.3) is 0 Å². The van der Waals surface area contributed by atoms with E-state index in [1.807, 2.05) is 0 Å². The van der Waals surface area contributed by atoms with Crippen LogP contribution in [0.2, 0.25) is 0 Å². The smallest absolute Gasteiger partial charge is 0.112 e. The normalized spacial score (nSPS) is 11.4. The lowest BCUT2D eigenvalue weighted by Crippen LogP contribution is -3.00. The highest BCUT2D eigenvalue weighted by Gasteiger charge is 2.47. The monoisotopic (exact) mass is 659 g/mol. The standard InChI is InChI=1S/C40H38P2.BrH/c1-7-21-35(22-8-1)41(36-23-9-2-10-24-36,37-25-11-3-12-26-37)33-19-20-34-42(38-27-13-4-14-28-38,39-29-15-5-16-30-39)40-31-17-6-18-32-40;/h1-18,21-32H,19-20,33-34H2;1H/q+2;/p-1. The van der Waals surface area contributed by atoms with E-state index in [1.165, 1.54) is 44.7 Å². The van der Waals surface area contributed by atoms with E-state index in [0.29, 0.717) is 0 Å². The summed E-state index contributed by atoms with van der Waals surface area (Å²) in [4.78, 5) is 0. The first-order valence-electron chi connectivity index (χ1n) is 14.9. The van der Waals surface area contributed by atoms with Crippen LogP contribution in [0.3, 0.4) is 0 Å². The average molecular weight is 661 g/mol. The Morgan fingerprint density at radius 2 is 0.419 bits per heavy atom. The minimum absolute atomic E-state index is 0. The molecule has 0 aliphatic heterocycles. The molecule has 6 aromatic carbocycles. The van der Waals surface area contributed by atoms with Crippen LogP contribution in [-0.2, 0) is 0 Å². The summed E-state index contributed by atoms with van der Waals surface area (Å²) in [6.07, 6.45) is 4.65. The van der Waals surface area contributed by atoms with Crippen molar-refractivity contribution in [3.05, 3.63) is 182 Å². The molecule has 0 aliphatic carbocycles. The van der Waals surface area contributed by atoms with Gasteiger partial charge in [-0.15, -0.1) is 0 Å². The van der Waals surface area contributed by atoms with Crippen LogP contribution in [0.15, 0.2) is 182 Å². The minimum atomic E-state index is -1.84. The number of hydrogen-bond acceptors (Lipinski definition) is 0. The fourth-order valence-electron chi connectivity index (χ4n) is 6.46. The molecule has 0 nitrogen and oxygen atoms in total. The van der Waals surface area contributed by atoms with E-state index in [2.05, 4.69) is 182 Å². The Bertz CT molecular complexity index is 1320. The molecule has 0 saturated heterocycles. The van der Waals surface area contributed by atoms with Crippen LogP contribution in [0, 0.1) is 0 Å². The second-order valence-corrected chi connectivity index (χ2v) is 18.0. The minimum Gasteiger partial charge on any atom is -1.00 e. The molecule has 0 unspecified atom stereocenters. The zero-order chi connectivity index (χ0) is 28.5. The van der Waals surface area contributed by atoms with Gasteiger partial charge in [0, 0.05) is 0 Å². The van der Waals surface area contributed by atoms with Crippen molar-refractivity contribution in [1.82, 2.24) is 0 Å². The van der Waals surface area contributed by atoms with Crippen LogP contribution in [-0.4, -0.2) is 12.3 Å². The quantitative estimate of drug-likeness (QED) is 0.139. The zero-order valence-electron chi connectivity index (χ0n) is 24.4. The van der Waals surface area contributed by atoms with Gasteiger partial charge in [-0.3, -0.25) is 0 Å². The molecule has 0 aliphatic rings. The first-order chi connectivity index (χ1) is 20.8. The van der Waals surface area contributed by atoms with Crippen molar-refractivity contribution in [3.8, 4) is 0 Å². The maximum Gasteiger partial charge on any atom is 0.112 e. The SMILES string of the molecule is [Br-].c1ccc([P+](CCCC[P+](c2ccccc2)(c2ccccc2)c2ccccc2)(c2ccccc2)c2ccccc2)cc1. The number of hydrogen-bond donors (Lipinski definition) is 0. The summed E-state index contributed by atoms with van der Waals surface area (Å²) in [5.41, 5.74) is 0. The van der Waals surface area contributed by atoms with Crippen molar-refractivity contribution in [3.63, 3.8) is 0 Å². The first-order valence-corrected chi connectivity index (χ1v) is 18.9. The highest BCUT2D eigenvalue weighted by Crippen LogP contribution is 2.58. The van der Waals surface area contributed by atoms with Gasteiger partial charge in [0.05, 0.1) is 12.3 Å². The molecule has 3 heteroatoms. The Morgan fingerprint density at radius 1 is 0.256 bits per heavy atom. The largest absolute Gasteiger partial charge is 1.00 e. The Labute approximate surface area is 269 Å². The average Bonchev–Trinajstić information content (AvgIpc) is 3.09. The summed E-state index contributed by atoms with van der Waals surface area (Å²) in [6.45, 7) is 0. The van der Waals surface area contributed by atoms with Crippen molar-refractivity contribution in [2.45, 2.75) is 12.8 Å². The lowest BCUT2D eigenvalue weighted by atomic mass is 10.3. The van der Waals surface area contributed by atoms with Crippen LogP contribution in [0.4, 0.5) is 0 Å². The molecular weight excluding hydrogens is 622 g/mol. The van der Waals surface area contributed by atoms with E-state index in [-0.39, 0.29) is 17.0 Å². The van der Waals surface area contributed by atoms with Gasteiger partial charge in [-0.2, -0.15) is 0 Å². The van der Waals surface area contributed by atoms with E-state index in [4.69, 9.17) is 0 Å². The highest BCUT2D eigenvalue weighted by molar-refractivity contribution is 7.96. The predicted molar refractivity (Wildman–Crippen MR) is 189 cm³/mol. The van der Waals surface area contributed by atoms with Gasteiger partial charge in [-0.1, -0.05) is 109 Å². The van der Waals surface area contributed by atoms with Crippen LogP contribution < -0.4 is 48.8 Å². The van der Waals surface area contributed by atoms with Gasteiger partial charge < -0.3 is 17.0 Å². The summed E-state index contributed by atoms with van der Waals surface area (Å²) in [5, 5.41) is 8.82. The third kappa shape index (κ3) is 6.46. The molecule has 43 heavy (non-hydrogen) atoms. The number of benzene rings is 6. The summed E-state index contributed by atoms with van der Waals surface area (Å²) in [5.74, 6) is 0. The molecule has 0 bridgehead atoms. The lowest BCUT2D eigenvalue weighted by Gasteiger charge is -2.29. The van der Waals surface area contributed by atoms with Crippen LogP contribution in [0.25, 0.3) is 0 Å². The van der Waals surface area contributed by atoms with Crippen LogP contribution in [0.1, 0.15) is 12.8 Å². The molecule has 6 aromatic rings. The van der Waals surface area contributed by atoms with Crippen molar-refractivity contribution < 1.29 is 17.0 Å². The Balaban J connectivity index is 0.00000368. The molecule has 0 radical (unpaired) electrons. The van der Waals surface area contributed by atoms with Crippen molar-refractivity contribution in [2.24, 2.45) is 0 Å². The van der Waals surface area contributed by atoms with E-state index in [9.17, 15) is 0 Å². The van der Waals surface area contributed by atoms with E-state index < -0.39 is 14.5 Å². The van der Waals surface area contributed by atoms with E-state index >= 15 is 0 Å². The van der Waals surface area contributed by atoms with Crippen molar-refractivity contribution >= 4 is 46.4 Å². The van der Waals surface area contributed by atoms with E-state index in [1.54, 1.807) is 0 Å². The maximum absolute atomic E-state index is 2.36. The Morgan fingerprint density at radius 3 is 0.581 bits per heavy atom. The summed E-state index contributed by atoms with van der Waals surface area (Å²) >= 11 is 0. The van der Waals surface area contributed by atoms with E-state index in [0.717, 1.165) is 12.3 Å². The third-order valence-corrected chi connectivity index (χ3v) is 17.5. The zero-order valence-corrected chi connectivity index (χ0v) is 27.8. The van der Waals surface area contributed by atoms with Gasteiger partial charge in [0.15, 0.2) is 0 Å². The van der Waals surface area contributed by atoms with Crippen molar-refractivity contribution in [2.75, 3.05) is 12.3 Å². The van der Waals surface area contributed by atoms with Crippen LogP contribution >= 0.6 is 14.5 Å². The second-order valence-electron chi connectivity index (χ2n) is 10.8.